The fourth-order valence-electron chi connectivity index (χ4n) is 1.78. The number of ether oxygens (including phenoxy) is 3. The van der Waals surface area contributed by atoms with Gasteiger partial charge in [-0.25, -0.2) is 0 Å². The first-order chi connectivity index (χ1) is 8.70. The number of hydrogen-bond acceptors (Lipinski definition) is 4. The summed E-state index contributed by atoms with van der Waals surface area (Å²) in [5.74, 6) is 2.20. The van der Waals surface area contributed by atoms with Crippen LogP contribution in [-0.2, 0) is 6.42 Å². The predicted molar refractivity (Wildman–Crippen MR) is 70.4 cm³/mol. The molecule has 2 N–H and O–H groups in total. The Bertz CT molecular complexity index is 446. The minimum Gasteiger partial charge on any atom is -0.489 e. The summed E-state index contributed by atoms with van der Waals surface area (Å²) in [5.41, 5.74) is 8.27. The van der Waals surface area contributed by atoms with E-state index in [1.165, 1.54) is 5.54 Å². The molecule has 1 aliphatic heterocycles. The Morgan fingerprint density at radius 1 is 1.44 bits per heavy atom. The molecule has 4 nitrogen and oxygen atoms in total. The van der Waals surface area contributed by atoms with Crippen LogP contribution in [0.2, 0.25) is 0 Å². The Morgan fingerprint density at radius 2 is 2.17 bits per heavy atom. The Kier molecular flexibility index (Phi) is 4.33. The van der Waals surface area contributed by atoms with Gasteiger partial charge >= 0.3 is 0 Å². The molecule has 0 radical (unpaired) electrons. The second kappa shape index (κ2) is 5.98. The molecule has 2 rings (SSSR count). The molecule has 0 fully saturated rings. The van der Waals surface area contributed by atoms with E-state index in [1.54, 1.807) is 6.08 Å². The van der Waals surface area contributed by atoms with Crippen LogP contribution in [0.15, 0.2) is 23.7 Å². The van der Waals surface area contributed by atoms with E-state index in [0.717, 1.165) is 23.5 Å². The fourth-order valence-corrected chi connectivity index (χ4v) is 1.85. The molecule has 1 aromatic carbocycles. The number of halogens is 1. The molecule has 0 bridgehead atoms. The maximum atomic E-state index is 5.83. The topological polar surface area (TPSA) is 53.7 Å². The maximum absolute atomic E-state index is 5.83. The third-order valence-corrected chi connectivity index (χ3v) is 2.70. The third-order valence-electron chi connectivity index (χ3n) is 2.52. The number of nitrogens with two attached hydrogens (primary N) is 1. The van der Waals surface area contributed by atoms with Crippen molar-refractivity contribution in [3.05, 3.63) is 29.3 Å². The largest absolute Gasteiger partial charge is 0.489 e. The van der Waals surface area contributed by atoms with Crippen molar-refractivity contribution < 1.29 is 14.2 Å². The molecular weight excluding hydrogens is 254 g/mol. The zero-order chi connectivity index (χ0) is 13.0. The zero-order valence-electron chi connectivity index (χ0n) is 10.2. The molecule has 1 atom stereocenters. The van der Waals surface area contributed by atoms with Gasteiger partial charge in [-0.2, -0.15) is 0 Å². The van der Waals surface area contributed by atoms with Gasteiger partial charge in [0.25, 0.3) is 0 Å². The molecular formula is C13H16ClNO3. The van der Waals surface area contributed by atoms with E-state index in [0.29, 0.717) is 12.4 Å². The summed E-state index contributed by atoms with van der Waals surface area (Å²) in [7, 11) is 0. The van der Waals surface area contributed by atoms with E-state index in [9.17, 15) is 0 Å². The van der Waals surface area contributed by atoms with Crippen LogP contribution in [0.3, 0.4) is 0 Å². The average molecular weight is 270 g/mol. The van der Waals surface area contributed by atoms with Crippen LogP contribution in [0, 0.1) is 0 Å². The highest BCUT2D eigenvalue weighted by Crippen LogP contribution is 2.38. The van der Waals surface area contributed by atoms with Gasteiger partial charge < -0.3 is 19.9 Å². The molecule has 0 aliphatic carbocycles. The summed E-state index contributed by atoms with van der Waals surface area (Å²) >= 11 is 5.46. The van der Waals surface area contributed by atoms with Crippen LogP contribution in [0.5, 0.6) is 17.2 Å². The van der Waals surface area contributed by atoms with E-state index in [1.807, 2.05) is 19.1 Å². The van der Waals surface area contributed by atoms with Crippen molar-refractivity contribution in [1.29, 1.82) is 0 Å². The summed E-state index contributed by atoms with van der Waals surface area (Å²) in [5, 5.41) is 0. The smallest absolute Gasteiger partial charge is 0.231 e. The van der Waals surface area contributed by atoms with Crippen LogP contribution >= 0.6 is 11.6 Å². The predicted octanol–water partition coefficient (Wildman–Crippen LogP) is 2.44. The van der Waals surface area contributed by atoms with Gasteiger partial charge in [0.15, 0.2) is 11.5 Å². The standard InChI is InChI=1S/C13H16ClNO3/c1-9(15)5-10-6-12-13(18-8-17-12)7-11(10)16-4-2-3-14/h2-3,6-7,9H,4-5,8,15H2,1H3/b3-2+. The Balaban J connectivity index is 2.23. The highest BCUT2D eigenvalue weighted by molar-refractivity contribution is 6.25. The molecule has 98 valence electrons. The summed E-state index contributed by atoms with van der Waals surface area (Å²) in [6.45, 7) is 2.61. The molecule has 0 saturated heterocycles. The Morgan fingerprint density at radius 3 is 2.83 bits per heavy atom. The second-order valence-corrected chi connectivity index (χ2v) is 4.42. The van der Waals surface area contributed by atoms with Gasteiger partial charge in [-0.3, -0.25) is 0 Å². The lowest BCUT2D eigenvalue weighted by Crippen LogP contribution is -2.18. The molecule has 1 aromatic rings. The van der Waals surface area contributed by atoms with Gasteiger partial charge in [-0.1, -0.05) is 11.6 Å². The van der Waals surface area contributed by atoms with Gasteiger partial charge in [-0.05, 0) is 31.1 Å². The van der Waals surface area contributed by atoms with E-state index in [2.05, 4.69) is 0 Å². The highest BCUT2D eigenvalue weighted by Gasteiger charge is 2.18. The van der Waals surface area contributed by atoms with Gasteiger partial charge in [0.2, 0.25) is 6.79 Å². The van der Waals surface area contributed by atoms with Crippen molar-refractivity contribution in [3.8, 4) is 17.2 Å². The third kappa shape index (κ3) is 3.09. The quantitative estimate of drug-likeness (QED) is 0.892. The molecule has 1 unspecified atom stereocenters. The molecule has 0 spiro atoms. The van der Waals surface area contributed by atoms with E-state index in [4.69, 9.17) is 31.5 Å². The average Bonchev–Trinajstić information content (AvgIpc) is 2.75. The zero-order valence-corrected chi connectivity index (χ0v) is 10.9. The molecule has 18 heavy (non-hydrogen) atoms. The maximum Gasteiger partial charge on any atom is 0.231 e. The number of fused-ring (bicyclic) bond motifs is 1. The van der Waals surface area contributed by atoms with Crippen molar-refractivity contribution in [2.75, 3.05) is 13.4 Å². The summed E-state index contributed by atoms with van der Waals surface area (Å²) in [4.78, 5) is 0. The van der Waals surface area contributed by atoms with Crippen molar-refractivity contribution in [2.24, 2.45) is 5.73 Å². The first-order valence-corrected chi connectivity index (χ1v) is 6.20. The Labute approximate surface area is 111 Å². The van der Waals surface area contributed by atoms with Crippen molar-refractivity contribution >= 4 is 11.6 Å². The van der Waals surface area contributed by atoms with E-state index >= 15 is 0 Å². The van der Waals surface area contributed by atoms with Gasteiger partial charge in [0.05, 0.1) is 0 Å². The summed E-state index contributed by atoms with van der Waals surface area (Å²) in [6.07, 6.45) is 2.44. The number of benzene rings is 1. The van der Waals surface area contributed by atoms with Gasteiger partial charge in [-0.15, -0.1) is 0 Å². The van der Waals surface area contributed by atoms with Crippen LogP contribution in [0.4, 0.5) is 0 Å². The molecule has 1 aliphatic rings. The molecule has 0 saturated carbocycles. The van der Waals surface area contributed by atoms with Gasteiger partial charge in [0.1, 0.15) is 12.4 Å². The minimum absolute atomic E-state index is 0.0521. The van der Waals surface area contributed by atoms with Gasteiger partial charge in [0, 0.05) is 17.6 Å². The van der Waals surface area contributed by atoms with E-state index in [-0.39, 0.29) is 12.8 Å². The fraction of sp³-hybridized carbons (Fsp3) is 0.385. The minimum atomic E-state index is 0.0521. The summed E-state index contributed by atoms with van der Waals surface area (Å²) in [6, 6.07) is 3.81. The molecule has 0 amide bonds. The van der Waals surface area contributed by atoms with E-state index < -0.39 is 0 Å². The molecule has 5 heteroatoms. The number of hydrogen-bond donors (Lipinski definition) is 1. The first kappa shape index (κ1) is 13.1. The van der Waals surface area contributed by atoms with Crippen molar-refractivity contribution in [2.45, 2.75) is 19.4 Å². The lowest BCUT2D eigenvalue weighted by Gasteiger charge is -2.13. The van der Waals surface area contributed by atoms with Crippen molar-refractivity contribution in [3.63, 3.8) is 0 Å². The van der Waals surface area contributed by atoms with Crippen LogP contribution in [0.25, 0.3) is 0 Å². The van der Waals surface area contributed by atoms with Crippen LogP contribution in [-0.4, -0.2) is 19.4 Å². The Hall–Kier alpha value is -1.39. The van der Waals surface area contributed by atoms with Crippen LogP contribution < -0.4 is 19.9 Å². The van der Waals surface area contributed by atoms with Crippen molar-refractivity contribution in [1.82, 2.24) is 0 Å². The second-order valence-electron chi connectivity index (χ2n) is 4.17. The normalized spacial score (nSPS) is 15.1. The molecule has 1 heterocycles. The van der Waals surface area contributed by atoms with Crippen LogP contribution in [0.1, 0.15) is 12.5 Å². The summed E-state index contributed by atoms with van der Waals surface area (Å²) < 4.78 is 16.3. The highest BCUT2D eigenvalue weighted by atomic mass is 35.5. The first-order valence-electron chi connectivity index (χ1n) is 5.77. The monoisotopic (exact) mass is 269 g/mol. The molecule has 0 aromatic heterocycles. The SMILES string of the molecule is CC(N)Cc1cc2c(cc1OC/C=C/Cl)OCO2. The lowest BCUT2D eigenvalue weighted by atomic mass is 10.1. The number of rotatable bonds is 5. The lowest BCUT2D eigenvalue weighted by molar-refractivity contribution is 0.174.